The average Bonchev–Trinajstić information content (AvgIpc) is 3.06. The zero-order valence-electron chi connectivity index (χ0n) is 18.0. The molecule has 0 aromatic heterocycles. The summed E-state index contributed by atoms with van der Waals surface area (Å²) in [5.74, 6) is 2.89. The third kappa shape index (κ3) is 5.31. The summed E-state index contributed by atoms with van der Waals surface area (Å²) in [4.78, 5) is 31.0. The number of methoxy groups -OCH3 is 1. The van der Waals surface area contributed by atoms with Crippen LogP contribution in [0.25, 0.3) is 6.08 Å². The van der Waals surface area contributed by atoms with Crippen molar-refractivity contribution in [2.24, 2.45) is 4.99 Å². The Morgan fingerprint density at radius 3 is 2.75 bits per heavy atom. The summed E-state index contributed by atoms with van der Waals surface area (Å²) in [6, 6.07) is 12.1. The van der Waals surface area contributed by atoms with Crippen LogP contribution in [0.2, 0.25) is 0 Å². The molecule has 3 rings (SSSR count). The summed E-state index contributed by atoms with van der Waals surface area (Å²) in [6.07, 6.45) is 7.03. The van der Waals surface area contributed by atoms with Crippen LogP contribution >= 0.6 is 11.8 Å². The van der Waals surface area contributed by atoms with Gasteiger partial charge in [0.2, 0.25) is 0 Å². The fraction of sp³-hybridized carbons (Fsp3) is 0.208. The van der Waals surface area contributed by atoms with E-state index in [1.165, 1.54) is 23.8 Å². The van der Waals surface area contributed by atoms with Gasteiger partial charge in [0.05, 0.1) is 29.9 Å². The van der Waals surface area contributed by atoms with Crippen LogP contribution in [0.15, 0.2) is 52.4 Å². The van der Waals surface area contributed by atoms with Crippen molar-refractivity contribution in [3.8, 4) is 23.8 Å². The molecule has 0 N–H and O–H groups in total. The average molecular weight is 451 g/mol. The number of hydrogen-bond donors (Lipinski definition) is 0. The topological polar surface area (TPSA) is 77.4 Å². The number of hydrogen-bond acceptors (Lipinski definition) is 7. The molecule has 0 unspecified atom stereocenters. The van der Waals surface area contributed by atoms with Crippen molar-refractivity contribution >= 4 is 40.6 Å². The lowest BCUT2D eigenvalue weighted by molar-refractivity contribution is -0.121. The molecule has 1 aliphatic heterocycles. The number of amides is 1. The van der Waals surface area contributed by atoms with Crippen molar-refractivity contribution < 1.29 is 23.8 Å². The van der Waals surface area contributed by atoms with Crippen molar-refractivity contribution in [3.63, 3.8) is 0 Å². The Morgan fingerprint density at radius 2 is 2.03 bits per heavy atom. The largest absolute Gasteiger partial charge is 0.490 e. The molecule has 8 heteroatoms. The van der Waals surface area contributed by atoms with E-state index in [4.69, 9.17) is 20.6 Å². The molecule has 1 aliphatic rings. The van der Waals surface area contributed by atoms with E-state index in [0.29, 0.717) is 39.4 Å². The molecule has 0 spiro atoms. The van der Waals surface area contributed by atoms with E-state index in [1.54, 1.807) is 49.5 Å². The van der Waals surface area contributed by atoms with Gasteiger partial charge in [-0.1, -0.05) is 18.1 Å². The molecule has 0 atom stereocenters. The number of carbonyl (C=O) groups is 2. The number of amidine groups is 1. The minimum Gasteiger partial charge on any atom is -0.490 e. The van der Waals surface area contributed by atoms with Gasteiger partial charge in [0, 0.05) is 7.05 Å². The monoisotopic (exact) mass is 450 g/mol. The molecule has 1 heterocycles. The van der Waals surface area contributed by atoms with Crippen LogP contribution in [0.4, 0.5) is 5.69 Å². The first-order valence-corrected chi connectivity index (χ1v) is 10.6. The van der Waals surface area contributed by atoms with Gasteiger partial charge in [-0.15, -0.1) is 6.42 Å². The molecule has 1 amide bonds. The predicted molar refractivity (Wildman–Crippen MR) is 125 cm³/mol. The van der Waals surface area contributed by atoms with Crippen LogP contribution < -0.4 is 9.47 Å². The molecule has 7 nitrogen and oxygen atoms in total. The molecule has 0 radical (unpaired) electrons. The van der Waals surface area contributed by atoms with E-state index in [1.807, 2.05) is 13.0 Å². The molecule has 2 aromatic carbocycles. The highest BCUT2D eigenvalue weighted by Gasteiger charge is 2.30. The fourth-order valence-corrected chi connectivity index (χ4v) is 3.84. The Hall–Kier alpha value is -3.70. The summed E-state index contributed by atoms with van der Waals surface area (Å²) in [7, 11) is 2.98. The van der Waals surface area contributed by atoms with Crippen molar-refractivity contribution in [1.29, 1.82) is 0 Å². The molecular weight excluding hydrogens is 428 g/mol. The van der Waals surface area contributed by atoms with E-state index in [9.17, 15) is 9.59 Å². The third-order valence-corrected chi connectivity index (χ3v) is 5.43. The van der Waals surface area contributed by atoms with Gasteiger partial charge < -0.3 is 14.2 Å². The Kier molecular flexibility index (Phi) is 7.58. The molecule has 32 heavy (non-hydrogen) atoms. The molecule has 0 saturated carbocycles. The lowest BCUT2D eigenvalue weighted by atomic mass is 10.2. The first kappa shape index (κ1) is 23.0. The zero-order valence-corrected chi connectivity index (χ0v) is 18.8. The first-order valence-electron chi connectivity index (χ1n) is 9.74. The van der Waals surface area contributed by atoms with Gasteiger partial charge in [0.15, 0.2) is 16.7 Å². The van der Waals surface area contributed by atoms with Gasteiger partial charge in [0.25, 0.3) is 5.91 Å². The second kappa shape index (κ2) is 10.6. The number of nitrogens with zero attached hydrogens (tertiary/aromatic N) is 2. The Bertz CT molecular complexity index is 1130. The number of ether oxygens (including phenoxy) is 3. The summed E-state index contributed by atoms with van der Waals surface area (Å²) >= 11 is 1.25. The summed E-state index contributed by atoms with van der Waals surface area (Å²) < 4.78 is 15.9. The predicted octanol–water partition coefficient (Wildman–Crippen LogP) is 4.12. The summed E-state index contributed by atoms with van der Waals surface area (Å²) in [6.45, 7) is 2.47. The first-order chi connectivity index (χ1) is 15.5. The molecule has 0 bridgehead atoms. The van der Waals surface area contributed by atoms with Gasteiger partial charge in [-0.05, 0) is 60.7 Å². The number of rotatable bonds is 7. The number of aliphatic imine (C=N–C) groups is 1. The smallest absolute Gasteiger partial charge is 0.337 e. The second-order valence-corrected chi connectivity index (χ2v) is 7.55. The SMILES string of the molecule is C#CCOc1ccc(C=C2SC(=Nc3cccc(C(=O)OC)c3)N(C)C2=O)cc1OCC. The third-order valence-electron chi connectivity index (χ3n) is 4.37. The van der Waals surface area contributed by atoms with Crippen LogP contribution in [0.3, 0.4) is 0 Å². The molecule has 164 valence electrons. The van der Waals surface area contributed by atoms with E-state index in [0.717, 1.165) is 5.56 Å². The molecule has 1 fully saturated rings. The van der Waals surface area contributed by atoms with E-state index in [-0.39, 0.29) is 12.5 Å². The molecule has 2 aromatic rings. The maximum Gasteiger partial charge on any atom is 0.337 e. The Balaban J connectivity index is 1.87. The van der Waals surface area contributed by atoms with Crippen LogP contribution in [-0.4, -0.2) is 49.3 Å². The minimum absolute atomic E-state index is 0.136. The lowest BCUT2D eigenvalue weighted by Gasteiger charge is -2.11. The standard InChI is InChI=1S/C24H22N2O5S/c1-5-12-31-19-11-10-16(13-20(19)30-6-2)14-21-22(27)26(3)24(32-21)25-18-9-7-8-17(15-18)23(28)29-4/h1,7-11,13-15H,6,12H2,2-4H3. The van der Waals surface area contributed by atoms with Gasteiger partial charge >= 0.3 is 5.97 Å². The number of esters is 1. The maximum atomic E-state index is 12.8. The van der Waals surface area contributed by atoms with Crippen molar-refractivity contribution in [2.45, 2.75) is 6.92 Å². The van der Waals surface area contributed by atoms with Crippen LogP contribution in [-0.2, 0) is 9.53 Å². The highest BCUT2D eigenvalue weighted by molar-refractivity contribution is 8.18. The second-order valence-electron chi connectivity index (χ2n) is 6.54. The van der Waals surface area contributed by atoms with E-state index in [2.05, 4.69) is 10.9 Å². The van der Waals surface area contributed by atoms with Crippen LogP contribution in [0, 0.1) is 12.3 Å². The highest BCUT2D eigenvalue weighted by Crippen LogP contribution is 2.35. The minimum atomic E-state index is -0.448. The number of likely N-dealkylation sites (N-methyl/N-ethyl adjacent to an activating group) is 1. The van der Waals surface area contributed by atoms with Crippen LogP contribution in [0.5, 0.6) is 11.5 Å². The summed E-state index contributed by atoms with van der Waals surface area (Å²) in [5, 5.41) is 0.502. The van der Waals surface area contributed by atoms with Crippen molar-refractivity contribution in [2.75, 3.05) is 27.4 Å². The fourth-order valence-electron chi connectivity index (χ4n) is 2.86. The lowest BCUT2D eigenvalue weighted by Crippen LogP contribution is -2.23. The van der Waals surface area contributed by atoms with Crippen molar-refractivity contribution in [1.82, 2.24) is 4.90 Å². The quantitative estimate of drug-likeness (QED) is 0.359. The number of terminal acetylenes is 1. The number of carbonyl (C=O) groups excluding carboxylic acids is 2. The Labute approximate surface area is 191 Å². The molecule has 1 saturated heterocycles. The van der Waals surface area contributed by atoms with Crippen molar-refractivity contribution in [3.05, 3.63) is 58.5 Å². The van der Waals surface area contributed by atoms with E-state index < -0.39 is 5.97 Å². The van der Waals surface area contributed by atoms with Gasteiger partial charge in [-0.3, -0.25) is 9.69 Å². The molecular formula is C24H22N2O5S. The number of benzene rings is 2. The van der Waals surface area contributed by atoms with E-state index >= 15 is 0 Å². The van der Waals surface area contributed by atoms with Gasteiger partial charge in [0.1, 0.15) is 6.61 Å². The molecule has 0 aliphatic carbocycles. The van der Waals surface area contributed by atoms with Gasteiger partial charge in [-0.2, -0.15) is 0 Å². The maximum absolute atomic E-state index is 12.8. The Morgan fingerprint density at radius 1 is 1.22 bits per heavy atom. The normalized spacial score (nSPS) is 15.7. The van der Waals surface area contributed by atoms with Crippen LogP contribution in [0.1, 0.15) is 22.8 Å². The number of thioether (sulfide) groups is 1. The summed E-state index contributed by atoms with van der Waals surface area (Å²) in [5.41, 5.74) is 1.71. The highest BCUT2D eigenvalue weighted by atomic mass is 32.2. The van der Waals surface area contributed by atoms with Gasteiger partial charge in [-0.25, -0.2) is 9.79 Å². The zero-order chi connectivity index (χ0) is 23.1.